The standard InChI is InChI=1S/C11H16N2OS/c1-6-10(14)13-11(15-6)12-9-5-7-2-3-8(9)4-7/h6-9H,2-5H2,1H3,(H,12,13,14). The van der Waals surface area contributed by atoms with E-state index in [0.29, 0.717) is 6.04 Å². The van der Waals surface area contributed by atoms with Crippen LogP contribution in [-0.4, -0.2) is 22.4 Å². The second kappa shape index (κ2) is 3.51. The zero-order valence-corrected chi connectivity index (χ0v) is 9.72. The fraction of sp³-hybridized carbons (Fsp3) is 0.818. The molecule has 3 fully saturated rings. The van der Waals surface area contributed by atoms with Crippen LogP contribution in [0.3, 0.4) is 0 Å². The Morgan fingerprint density at radius 2 is 2.27 bits per heavy atom. The third-order valence-electron chi connectivity index (χ3n) is 3.87. The van der Waals surface area contributed by atoms with Crippen LogP contribution < -0.4 is 5.32 Å². The highest BCUT2D eigenvalue weighted by Crippen LogP contribution is 2.46. The number of thioether (sulfide) groups is 1. The Labute approximate surface area is 94.1 Å². The van der Waals surface area contributed by atoms with Crippen LogP contribution in [0.25, 0.3) is 0 Å². The molecular formula is C11H16N2OS. The number of nitrogens with one attached hydrogen (secondary N) is 1. The Hall–Kier alpha value is -0.510. The van der Waals surface area contributed by atoms with Gasteiger partial charge in [0, 0.05) is 0 Å². The highest BCUT2D eigenvalue weighted by atomic mass is 32.2. The van der Waals surface area contributed by atoms with Gasteiger partial charge in [-0.25, -0.2) is 0 Å². The Kier molecular flexibility index (Phi) is 2.27. The van der Waals surface area contributed by atoms with Gasteiger partial charge < -0.3 is 5.32 Å². The lowest BCUT2D eigenvalue weighted by Crippen LogP contribution is -2.25. The number of nitrogens with zero attached hydrogens (tertiary/aromatic N) is 1. The second-order valence-electron chi connectivity index (χ2n) is 4.93. The first-order chi connectivity index (χ1) is 7.22. The summed E-state index contributed by atoms with van der Waals surface area (Å²) in [6.07, 6.45) is 5.37. The normalized spacial score (nSPS) is 46.5. The molecule has 1 amide bonds. The fourth-order valence-electron chi connectivity index (χ4n) is 3.04. The van der Waals surface area contributed by atoms with Crippen molar-refractivity contribution in [3.05, 3.63) is 0 Å². The number of carbonyl (C=O) groups is 1. The number of fused-ring (bicyclic) bond motifs is 2. The van der Waals surface area contributed by atoms with E-state index in [4.69, 9.17) is 4.99 Å². The molecular weight excluding hydrogens is 208 g/mol. The predicted octanol–water partition coefficient (Wildman–Crippen LogP) is 1.78. The van der Waals surface area contributed by atoms with E-state index in [9.17, 15) is 4.79 Å². The third-order valence-corrected chi connectivity index (χ3v) is 4.87. The topological polar surface area (TPSA) is 41.5 Å². The summed E-state index contributed by atoms with van der Waals surface area (Å²) in [6, 6.07) is 0.497. The van der Waals surface area contributed by atoms with Gasteiger partial charge in [-0.3, -0.25) is 9.79 Å². The molecule has 2 saturated carbocycles. The van der Waals surface area contributed by atoms with E-state index in [2.05, 4.69) is 5.32 Å². The van der Waals surface area contributed by atoms with Gasteiger partial charge in [-0.2, -0.15) is 0 Å². The van der Waals surface area contributed by atoms with E-state index in [1.165, 1.54) is 25.7 Å². The molecule has 0 aromatic rings. The minimum Gasteiger partial charge on any atom is -0.304 e. The molecule has 0 aromatic carbocycles. The van der Waals surface area contributed by atoms with E-state index in [-0.39, 0.29) is 11.2 Å². The lowest BCUT2D eigenvalue weighted by Gasteiger charge is -2.17. The zero-order valence-electron chi connectivity index (χ0n) is 8.90. The molecule has 3 aliphatic rings. The number of aliphatic imine (C=N–C) groups is 1. The summed E-state index contributed by atoms with van der Waals surface area (Å²) in [4.78, 5) is 16.0. The highest BCUT2D eigenvalue weighted by Gasteiger charge is 2.40. The first kappa shape index (κ1) is 9.70. The van der Waals surface area contributed by atoms with E-state index in [1.54, 1.807) is 11.8 Å². The van der Waals surface area contributed by atoms with Gasteiger partial charge in [-0.05, 0) is 38.0 Å². The minimum absolute atomic E-state index is 0.0438. The molecule has 0 aromatic heterocycles. The van der Waals surface area contributed by atoms with Gasteiger partial charge in [0.25, 0.3) is 0 Å². The predicted molar refractivity (Wildman–Crippen MR) is 61.9 cm³/mol. The monoisotopic (exact) mass is 224 g/mol. The number of carbonyl (C=O) groups excluding carboxylic acids is 1. The maximum atomic E-state index is 11.3. The maximum absolute atomic E-state index is 11.3. The minimum atomic E-state index is 0.0438. The molecule has 0 spiro atoms. The van der Waals surface area contributed by atoms with Crippen molar-refractivity contribution in [2.45, 2.75) is 43.9 Å². The van der Waals surface area contributed by atoms with Crippen molar-refractivity contribution < 1.29 is 4.79 Å². The Morgan fingerprint density at radius 3 is 2.80 bits per heavy atom. The second-order valence-corrected chi connectivity index (χ2v) is 6.26. The number of amides is 1. The largest absolute Gasteiger partial charge is 0.304 e. The van der Waals surface area contributed by atoms with E-state index < -0.39 is 0 Å². The van der Waals surface area contributed by atoms with Crippen LogP contribution in [0.5, 0.6) is 0 Å². The van der Waals surface area contributed by atoms with Gasteiger partial charge in [-0.15, -0.1) is 0 Å². The zero-order chi connectivity index (χ0) is 10.4. The number of hydrogen-bond acceptors (Lipinski definition) is 3. The number of rotatable bonds is 1. The van der Waals surface area contributed by atoms with Crippen LogP contribution in [0.1, 0.15) is 32.6 Å². The molecule has 3 rings (SSSR count). The first-order valence-electron chi connectivity index (χ1n) is 5.77. The van der Waals surface area contributed by atoms with Gasteiger partial charge in [0.05, 0.1) is 11.3 Å². The molecule has 4 atom stereocenters. The van der Waals surface area contributed by atoms with Crippen molar-refractivity contribution >= 4 is 22.8 Å². The lowest BCUT2D eigenvalue weighted by atomic mass is 9.96. The van der Waals surface area contributed by atoms with Crippen LogP contribution in [0.15, 0.2) is 4.99 Å². The Morgan fingerprint density at radius 1 is 1.40 bits per heavy atom. The van der Waals surface area contributed by atoms with Crippen LogP contribution in [-0.2, 0) is 4.79 Å². The number of hydrogen-bond donors (Lipinski definition) is 1. The number of amidine groups is 1. The van der Waals surface area contributed by atoms with Gasteiger partial charge in [-0.1, -0.05) is 18.2 Å². The summed E-state index contributed by atoms with van der Waals surface area (Å²) in [5.41, 5.74) is 0. The average Bonchev–Trinajstić information content (AvgIpc) is 2.84. The summed E-state index contributed by atoms with van der Waals surface area (Å²) < 4.78 is 0. The van der Waals surface area contributed by atoms with Crippen LogP contribution in [0.2, 0.25) is 0 Å². The van der Waals surface area contributed by atoms with Crippen molar-refractivity contribution in [3.63, 3.8) is 0 Å². The third kappa shape index (κ3) is 1.69. The average molecular weight is 224 g/mol. The van der Waals surface area contributed by atoms with E-state index in [1.807, 2.05) is 6.92 Å². The quantitative estimate of drug-likeness (QED) is 0.737. The summed E-state index contributed by atoms with van der Waals surface area (Å²) in [5.74, 6) is 1.83. The van der Waals surface area contributed by atoms with Gasteiger partial charge in [0.2, 0.25) is 5.91 Å². The van der Waals surface area contributed by atoms with Crippen molar-refractivity contribution in [1.29, 1.82) is 0 Å². The van der Waals surface area contributed by atoms with Crippen LogP contribution in [0.4, 0.5) is 0 Å². The fourth-order valence-corrected chi connectivity index (χ4v) is 3.90. The van der Waals surface area contributed by atoms with Gasteiger partial charge in [0.15, 0.2) is 5.17 Å². The van der Waals surface area contributed by atoms with Crippen LogP contribution >= 0.6 is 11.8 Å². The Balaban J connectivity index is 1.70. The molecule has 15 heavy (non-hydrogen) atoms. The SMILES string of the molecule is CC1SC(=NC2CC3CCC2C3)NC1=O. The highest BCUT2D eigenvalue weighted by molar-refractivity contribution is 8.15. The van der Waals surface area contributed by atoms with Crippen molar-refractivity contribution in [3.8, 4) is 0 Å². The van der Waals surface area contributed by atoms with Gasteiger partial charge in [0.1, 0.15) is 0 Å². The molecule has 1 heterocycles. The molecule has 1 aliphatic heterocycles. The summed E-state index contributed by atoms with van der Waals surface area (Å²) in [6.45, 7) is 1.93. The summed E-state index contributed by atoms with van der Waals surface area (Å²) >= 11 is 1.58. The van der Waals surface area contributed by atoms with Crippen molar-refractivity contribution in [2.75, 3.05) is 0 Å². The van der Waals surface area contributed by atoms with E-state index >= 15 is 0 Å². The van der Waals surface area contributed by atoms with Crippen molar-refractivity contribution in [2.24, 2.45) is 16.8 Å². The van der Waals surface area contributed by atoms with E-state index in [0.717, 1.165) is 17.0 Å². The van der Waals surface area contributed by atoms with Crippen LogP contribution in [0, 0.1) is 11.8 Å². The lowest BCUT2D eigenvalue weighted by molar-refractivity contribution is -0.118. The van der Waals surface area contributed by atoms with Gasteiger partial charge >= 0.3 is 0 Å². The molecule has 1 N–H and O–H groups in total. The molecule has 2 aliphatic carbocycles. The maximum Gasteiger partial charge on any atom is 0.239 e. The smallest absolute Gasteiger partial charge is 0.239 e. The first-order valence-corrected chi connectivity index (χ1v) is 6.65. The molecule has 3 nitrogen and oxygen atoms in total. The molecule has 0 radical (unpaired) electrons. The summed E-state index contributed by atoms with van der Waals surface area (Å²) in [5, 5.41) is 3.77. The molecule has 4 unspecified atom stereocenters. The summed E-state index contributed by atoms with van der Waals surface area (Å²) in [7, 11) is 0. The molecule has 82 valence electrons. The molecule has 1 saturated heterocycles. The molecule has 4 heteroatoms. The molecule has 2 bridgehead atoms. The Bertz CT molecular complexity index is 329. The van der Waals surface area contributed by atoms with Crippen molar-refractivity contribution in [1.82, 2.24) is 5.32 Å².